The number of aromatic amines is 1. The van der Waals surface area contributed by atoms with E-state index >= 15 is 0 Å². The third kappa shape index (κ3) is 3.19. The Morgan fingerprint density at radius 3 is 2.75 bits per heavy atom. The second-order valence-corrected chi connectivity index (χ2v) is 7.06. The number of carbonyl (C=O) groups excluding carboxylic acids is 1. The maximum atomic E-state index is 13.4. The predicted molar refractivity (Wildman–Crippen MR) is 105 cm³/mol. The van der Waals surface area contributed by atoms with Crippen LogP contribution in [0.2, 0.25) is 0 Å². The summed E-state index contributed by atoms with van der Waals surface area (Å²) in [5, 5.41) is 1.02. The summed E-state index contributed by atoms with van der Waals surface area (Å²) in [5.74, 6) is 1.12. The average Bonchev–Trinajstić information content (AvgIpc) is 3.12. The molecule has 1 amide bonds. The van der Waals surface area contributed by atoms with Gasteiger partial charge in [0.1, 0.15) is 5.82 Å². The second kappa shape index (κ2) is 7.54. The normalized spacial score (nSPS) is 16.1. The quantitative estimate of drug-likeness (QED) is 0.656. The first-order valence-corrected chi connectivity index (χ1v) is 9.36. The molecule has 0 spiro atoms. The van der Waals surface area contributed by atoms with Crippen LogP contribution in [0.15, 0.2) is 36.5 Å². The Morgan fingerprint density at radius 1 is 1.21 bits per heavy atom. The standard InChI is InChI=1S/C22H23FN2O3/c1-27-21-9-14-7-8-25(13-26)20(18(14)11-22(21)28-2)6-3-15-12-24-19-10-16(23)4-5-17(15)19/h4-5,9-13,20,24H,3,6-8H2,1-2H3. The minimum atomic E-state index is -0.254. The van der Waals surface area contributed by atoms with Crippen molar-refractivity contribution in [2.75, 3.05) is 20.8 Å². The molecule has 1 aliphatic heterocycles. The molecule has 1 aromatic heterocycles. The first-order chi connectivity index (χ1) is 13.6. The first-order valence-electron chi connectivity index (χ1n) is 9.36. The summed E-state index contributed by atoms with van der Waals surface area (Å²) >= 11 is 0. The highest BCUT2D eigenvalue weighted by atomic mass is 19.1. The van der Waals surface area contributed by atoms with Gasteiger partial charge in [-0.1, -0.05) is 0 Å². The van der Waals surface area contributed by atoms with Crippen molar-refractivity contribution in [2.24, 2.45) is 0 Å². The minimum absolute atomic E-state index is 0.0357. The second-order valence-electron chi connectivity index (χ2n) is 7.06. The number of halogens is 1. The van der Waals surface area contributed by atoms with E-state index in [0.29, 0.717) is 18.0 Å². The van der Waals surface area contributed by atoms with Gasteiger partial charge in [-0.25, -0.2) is 4.39 Å². The number of benzene rings is 2. The van der Waals surface area contributed by atoms with E-state index in [-0.39, 0.29) is 11.9 Å². The molecule has 1 aliphatic rings. The molecule has 2 heterocycles. The third-order valence-corrected chi connectivity index (χ3v) is 5.60. The number of rotatable bonds is 6. The van der Waals surface area contributed by atoms with Gasteiger partial charge in [-0.3, -0.25) is 4.79 Å². The lowest BCUT2D eigenvalue weighted by Crippen LogP contribution is -2.34. The highest BCUT2D eigenvalue weighted by Crippen LogP contribution is 2.39. The van der Waals surface area contributed by atoms with Crippen LogP contribution in [-0.4, -0.2) is 37.1 Å². The fourth-order valence-corrected chi connectivity index (χ4v) is 4.15. The number of amides is 1. The Kier molecular flexibility index (Phi) is 4.94. The zero-order chi connectivity index (χ0) is 19.7. The Bertz CT molecular complexity index is 1010. The van der Waals surface area contributed by atoms with E-state index in [2.05, 4.69) is 4.98 Å². The SMILES string of the molecule is COc1cc2c(cc1OC)C(CCc1c[nH]c3cc(F)ccc13)N(C=O)CC2. The number of nitrogens with one attached hydrogen (secondary N) is 1. The number of hydrogen-bond acceptors (Lipinski definition) is 3. The van der Waals surface area contributed by atoms with Crippen LogP contribution in [0, 0.1) is 5.82 Å². The number of methoxy groups -OCH3 is 2. The Morgan fingerprint density at radius 2 is 2.00 bits per heavy atom. The molecule has 1 N–H and O–H groups in total. The molecule has 6 heteroatoms. The molecule has 2 aromatic carbocycles. The van der Waals surface area contributed by atoms with E-state index in [1.165, 1.54) is 17.7 Å². The van der Waals surface area contributed by atoms with Crippen LogP contribution >= 0.6 is 0 Å². The van der Waals surface area contributed by atoms with Crippen LogP contribution in [0.1, 0.15) is 29.2 Å². The molecule has 0 saturated heterocycles. The molecular weight excluding hydrogens is 359 g/mol. The first kappa shape index (κ1) is 18.3. The number of carbonyl (C=O) groups is 1. The highest BCUT2D eigenvalue weighted by molar-refractivity contribution is 5.83. The van der Waals surface area contributed by atoms with Gasteiger partial charge in [0.25, 0.3) is 0 Å². The van der Waals surface area contributed by atoms with Gasteiger partial charge in [0.15, 0.2) is 11.5 Å². The number of aromatic nitrogens is 1. The molecule has 0 aliphatic carbocycles. The lowest BCUT2D eigenvalue weighted by molar-refractivity contribution is -0.120. The summed E-state index contributed by atoms with van der Waals surface area (Å²) in [6.45, 7) is 0.676. The monoisotopic (exact) mass is 382 g/mol. The van der Waals surface area contributed by atoms with Crippen molar-refractivity contribution in [3.8, 4) is 11.5 Å². The number of ether oxygens (including phenoxy) is 2. The predicted octanol–water partition coefficient (Wildman–Crippen LogP) is 4.01. The summed E-state index contributed by atoms with van der Waals surface area (Å²) in [6, 6.07) is 8.74. The molecule has 4 rings (SSSR count). The van der Waals surface area contributed by atoms with E-state index in [1.54, 1.807) is 20.3 Å². The van der Waals surface area contributed by atoms with E-state index in [1.807, 2.05) is 23.2 Å². The maximum Gasteiger partial charge on any atom is 0.210 e. The van der Waals surface area contributed by atoms with Crippen molar-refractivity contribution in [1.82, 2.24) is 9.88 Å². The largest absolute Gasteiger partial charge is 0.493 e. The molecule has 0 radical (unpaired) electrons. The van der Waals surface area contributed by atoms with Crippen LogP contribution in [-0.2, 0) is 17.6 Å². The average molecular weight is 382 g/mol. The van der Waals surface area contributed by atoms with Crippen LogP contribution in [0.25, 0.3) is 10.9 Å². The van der Waals surface area contributed by atoms with E-state index < -0.39 is 0 Å². The molecule has 146 valence electrons. The van der Waals surface area contributed by atoms with Gasteiger partial charge in [0, 0.05) is 23.6 Å². The van der Waals surface area contributed by atoms with Gasteiger partial charge >= 0.3 is 0 Å². The Labute approximate surface area is 163 Å². The van der Waals surface area contributed by atoms with Crippen molar-refractivity contribution in [3.63, 3.8) is 0 Å². The summed E-state index contributed by atoms with van der Waals surface area (Å²) in [7, 11) is 3.24. The summed E-state index contributed by atoms with van der Waals surface area (Å²) in [5.41, 5.74) is 4.19. The van der Waals surface area contributed by atoms with Crippen LogP contribution in [0.5, 0.6) is 11.5 Å². The summed E-state index contributed by atoms with van der Waals surface area (Å²) < 4.78 is 24.3. The molecular formula is C22H23FN2O3. The number of hydrogen-bond donors (Lipinski definition) is 1. The van der Waals surface area contributed by atoms with Crippen LogP contribution in [0.3, 0.4) is 0 Å². The topological polar surface area (TPSA) is 54.6 Å². The van der Waals surface area contributed by atoms with Crippen molar-refractivity contribution >= 4 is 17.3 Å². The molecule has 0 fully saturated rings. The van der Waals surface area contributed by atoms with Crippen molar-refractivity contribution in [3.05, 3.63) is 59.0 Å². The molecule has 0 saturated carbocycles. The third-order valence-electron chi connectivity index (χ3n) is 5.60. The van der Waals surface area contributed by atoms with Crippen LogP contribution in [0.4, 0.5) is 4.39 Å². The van der Waals surface area contributed by atoms with Gasteiger partial charge < -0.3 is 19.4 Å². The van der Waals surface area contributed by atoms with Gasteiger partial charge in [0.2, 0.25) is 6.41 Å². The van der Waals surface area contributed by atoms with E-state index in [9.17, 15) is 9.18 Å². The molecule has 5 nitrogen and oxygen atoms in total. The molecule has 28 heavy (non-hydrogen) atoms. The fraction of sp³-hybridized carbons (Fsp3) is 0.318. The molecule has 3 aromatic rings. The Balaban J connectivity index is 1.65. The van der Waals surface area contributed by atoms with Crippen molar-refractivity contribution in [2.45, 2.75) is 25.3 Å². The smallest absolute Gasteiger partial charge is 0.210 e. The van der Waals surface area contributed by atoms with Gasteiger partial charge in [-0.15, -0.1) is 0 Å². The molecule has 1 atom stereocenters. The number of aryl methyl sites for hydroxylation is 1. The van der Waals surface area contributed by atoms with Gasteiger partial charge in [-0.2, -0.15) is 0 Å². The number of nitrogens with zero attached hydrogens (tertiary/aromatic N) is 1. The van der Waals surface area contributed by atoms with E-state index in [4.69, 9.17) is 9.47 Å². The van der Waals surface area contributed by atoms with Gasteiger partial charge in [-0.05, 0) is 66.3 Å². The van der Waals surface area contributed by atoms with Crippen LogP contribution < -0.4 is 9.47 Å². The summed E-state index contributed by atoms with van der Waals surface area (Å²) in [6.07, 6.45) is 5.18. The van der Waals surface area contributed by atoms with Crippen molar-refractivity contribution in [1.29, 1.82) is 0 Å². The van der Waals surface area contributed by atoms with Gasteiger partial charge in [0.05, 0.1) is 20.3 Å². The lowest BCUT2D eigenvalue weighted by atomic mass is 9.88. The Hall–Kier alpha value is -3.02. The van der Waals surface area contributed by atoms with Crippen molar-refractivity contribution < 1.29 is 18.7 Å². The number of H-pyrrole nitrogens is 1. The fourth-order valence-electron chi connectivity index (χ4n) is 4.15. The summed E-state index contributed by atoms with van der Waals surface area (Å²) in [4.78, 5) is 16.7. The number of fused-ring (bicyclic) bond motifs is 2. The maximum absolute atomic E-state index is 13.4. The van der Waals surface area contributed by atoms with E-state index in [0.717, 1.165) is 47.7 Å². The minimum Gasteiger partial charge on any atom is -0.493 e. The molecule has 1 unspecified atom stereocenters. The molecule has 0 bridgehead atoms. The lowest BCUT2D eigenvalue weighted by Gasteiger charge is -2.35. The highest BCUT2D eigenvalue weighted by Gasteiger charge is 2.28. The zero-order valence-corrected chi connectivity index (χ0v) is 16.0. The zero-order valence-electron chi connectivity index (χ0n) is 16.0.